The largest absolute Gasteiger partial charge is 0.508 e. The molecule has 0 radical (unpaired) electrons. The Hall–Kier alpha value is -1.16. The maximum atomic E-state index is 9.65. The minimum atomic E-state index is 0.218. The maximum Gasteiger partial charge on any atom is 0.157 e. The van der Waals surface area contributed by atoms with Gasteiger partial charge in [-0.25, -0.2) is 0 Å². The highest BCUT2D eigenvalue weighted by atomic mass is 32.2. The lowest BCUT2D eigenvalue weighted by Crippen LogP contribution is -2.33. The number of thioether (sulfide) groups is 1. The van der Waals surface area contributed by atoms with E-state index in [-0.39, 0.29) is 6.04 Å². The molecule has 1 aliphatic heterocycles. The summed E-state index contributed by atoms with van der Waals surface area (Å²) in [4.78, 5) is 4.87. The molecule has 1 saturated carbocycles. The summed E-state index contributed by atoms with van der Waals surface area (Å²) in [6.07, 6.45) is 6.61. The standard InChI is InChI=1S/C18H26N2OS/c1-12-5-3-4-6-15(9-12)19-18-20-16(11-22-18)14-7-8-17(21)13(2)10-14/h7-8,10,12,15-16,21H,3-6,9,11H2,1-2H3,(H,19,20). The molecule has 2 N–H and O–H groups in total. The topological polar surface area (TPSA) is 44.6 Å². The second kappa shape index (κ2) is 6.95. The number of nitrogens with one attached hydrogen (secondary N) is 1. The van der Waals surface area contributed by atoms with E-state index in [2.05, 4.69) is 18.3 Å². The second-order valence-electron chi connectivity index (χ2n) is 6.77. The molecule has 0 aromatic heterocycles. The average Bonchev–Trinajstić information content (AvgIpc) is 2.85. The van der Waals surface area contributed by atoms with Crippen LogP contribution in [0.15, 0.2) is 23.2 Å². The van der Waals surface area contributed by atoms with Crippen molar-refractivity contribution in [2.24, 2.45) is 10.9 Å². The minimum absolute atomic E-state index is 0.218. The molecule has 0 bridgehead atoms. The molecule has 0 saturated heterocycles. The molecular weight excluding hydrogens is 292 g/mol. The van der Waals surface area contributed by atoms with Crippen molar-refractivity contribution in [2.45, 2.75) is 58.0 Å². The van der Waals surface area contributed by atoms with Crippen molar-refractivity contribution < 1.29 is 5.11 Å². The fraction of sp³-hybridized carbons (Fsp3) is 0.611. The van der Waals surface area contributed by atoms with Gasteiger partial charge in [0.15, 0.2) is 5.17 Å². The number of aromatic hydroxyl groups is 1. The summed E-state index contributed by atoms with van der Waals surface area (Å²) in [5, 5.41) is 14.4. The van der Waals surface area contributed by atoms with Crippen LogP contribution in [0.2, 0.25) is 0 Å². The Morgan fingerprint density at radius 1 is 1.27 bits per heavy atom. The molecule has 1 aliphatic carbocycles. The smallest absolute Gasteiger partial charge is 0.157 e. The molecule has 4 heteroatoms. The first-order valence-electron chi connectivity index (χ1n) is 8.38. The monoisotopic (exact) mass is 318 g/mol. The summed E-state index contributed by atoms with van der Waals surface area (Å²) in [7, 11) is 0. The maximum absolute atomic E-state index is 9.65. The lowest BCUT2D eigenvalue weighted by molar-refractivity contribution is 0.447. The van der Waals surface area contributed by atoms with Gasteiger partial charge in [-0.1, -0.05) is 50.1 Å². The van der Waals surface area contributed by atoms with E-state index in [4.69, 9.17) is 4.99 Å². The van der Waals surface area contributed by atoms with E-state index in [1.807, 2.05) is 24.8 Å². The van der Waals surface area contributed by atoms with Crippen molar-refractivity contribution >= 4 is 16.9 Å². The zero-order chi connectivity index (χ0) is 15.5. The van der Waals surface area contributed by atoms with E-state index in [9.17, 15) is 5.11 Å². The van der Waals surface area contributed by atoms with Crippen LogP contribution in [0.5, 0.6) is 5.75 Å². The Kier molecular flexibility index (Phi) is 4.97. The molecule has 0 spiro atoms. The first-order valence-corrected chi connectivity index (χ1v) is 9.37. The van der Waals surface area contributed by atoms with E-state index in [1.165, 1.54) is 37.7 Å². The molecule has 1 aromatic carbocycles. The third kappa shape index (κ3) is 3.78. The van der Waals surface area contributed by atoms with Crippen molar-refractivity contribution in [1.82, 2.24) is 5.32 Å². The lowest BCUT2D eigenvalue weighted by Gasteiger charge is -2.19. The first-order chi connectivity index (χ1) is 10.6. The minimum Gasteiger partial charge on any atom is -0.508 e. The van der Waals surface area contributed by atoms with Gasteiger partial charge in [-0.15, -0.1) is 0 Å². The second-order valence-corrected chi connectivity index (χ2v) is 7.78. The molecule has 3 atom stereocenters. The zero-order valence-electron chi connectivity index (χ0n) is 13.5. The van der Waals surface area contributed by atoms with Crippen LogP contribution >= 0.6 is 11.8 Å². The third-order valence-electron chi connectivity index (χ3n) is 4.77. The van der Waals surface area contributed by atoms with Crippen LogP contribution in [0, 0.1) is 12.8 Å². The highest BCUT2D eigenvalue weighted by Gasteiger charge is 2.24. The molecule has 120 valence electrons. The zero-order valence-corrected chi connectivity index (χ0v) is 14.3. The molecule has 3 unspecified atom stereocenters. The molecule has 22 heavy (non-hydrogen) atoms. The Balaban J connectivity index is 1.64. The van der Waals surface area contributed by atoms with Gasteiger partial charge in [0.25, 0.3) is 0 Å². The molecule has 0 amide bonds. The summed E-state index contributed by atoms with van der Waals surface area (Å²) in [5.74, 6) is 2.18. The molecular formula is C18H26N2OS. The number of hydrogen-bond donors (Lipinski definition) is 2. The summed E-state index contributed by atoms with van der Waals surface area (Å²) >= 11 is 1.83. The van der Waals surface area contributed by atoms with Crippen LogP contribution in [-0.4, -0.2) is 22.1 Å². The van der Waals surface area contributed by atoms with E-state index in [0.717, 1.165) is 22.4 Å². The molecule has 1 fully saturated rings. The van der Waals surface area contributed by atoms with Gasteiger partial charge in [0, 0.05) is 11.8 Å². The molecule has 1 heterocycles. The van der Waals surface area contributed by atoms with Crippen molar-refractivity contribution in [3.63, 3.8) is 0 Å². The van der Waals surface area contributed by atoms with Crippen molar-refractivity contribution in [1.29, 1.82) is 0 Å². The van der Waals surface area contributed by atoms with E-state index < -0.39 is 0 Å². The molecule has 3 rings (SSSR count). The normalized spacial score (nSPS) is 29.0. The van der Waals surface area contributed by atoms with Crippen LogP contribution in [0.4, 0.5) is 0 Å². The van der Waals surface area contributed by atoms with Crippen molar-refractivity contribution in [3.8, 4) is 5.75 Å². The number of aryl methyl sites for hydroxylation is 1. The highest BCUT2D eigenvalue weighted by Crippen LogP contribution is 2.32. The van der Waals surface area contributed by atoms with Crippen molar-refractivity contribution in [2.75, 3.05) is 5.75 Å². The lowest BCUT2D eigenvalue weighted by atomic mass is 10.0. The molecule has 2 aliphatic rings. The van der Waals surface area contributed by atoms with Crippen LogP contribution in [0.1, 0.15) is 56.2 Å². The fourth-order valence-electron chi connectivity index (χ4n) is 3.42. The van der Waals surface area contributed by atoms with Gasteiger partial charge in [-0.2, -0.15) is 0 Å². The van der Waals surface area contributed by atoms with Crippen LogP contribution in [0.3, 0.4) is 0 Å². The number of aliphatic imine (C=N–C) groups is 1. The Bertz CT molecular complexity index is 558. The van der Waals surface area contributed by atoms with Gasteiger partial charge >= 0.3 is 0 Å². The van der Waals surface area contributed by atoms with Crippen LogP contribution in [-0.2, 0) is 0 Å². The predicted molar refractivity (Wildman–Crippen MR) is 94.7 cm³/mol. The number of nitrogens with zero attached hydrogens (tertiary/aromatic N) is 1. The van der Waals surface area contributed by atoms with Gasteiger partial charge < -0.3 is 10.4 Å². The van der Waals surface area contributed by atoms with Gasteiger partial charge in [0.2, 0.25) is 0 Å². The Morgan fingerprint density at radius 2 is 2.09 bits per heavy atom. The van der Waals surface area contributed by atoms with Crippen LogP contribution < -0.4 is 5.32 Å². The first kappa shape index (κ1) is 15.7. The quantitative estimate of drug-likeness (QED) is 0.794. The third-order valence-corrected chi connectivity index (χ3v) is 5.75. The SMILES string of the molecule is Cc1cc(C2CSC(NC3CCCCC(C)C3)=N2)ccc1O. The number of phenols is 1. The van der Waals surface area contributed by atoms with E-state index in [0.29, 0.717) is 11.8 Å². The van der Waals surface area contributed by atoms with Gasteiger partial charge in [-0.3, -0.25) is 4.99 Å². The Labute approximate surface area is 137 Å². The summed E-state index contributed by atoms with van der Waals surface area (Å²) in [6.45, 7) is 4.31. The number of phenolic OH excluding ortho intramolecular Hbond substituents is 1. The van der Waals surface area contributed by atoms with Crippen molar-refractivity contribution in [3.05, 3.63) is 29.3 Å². The van der Waals surface area contributed by atoms with E-state index in [1.54, 1.807) is 6.07 Å². The summed E-state index contributed by atoms with van der Waals surface area (Å²) < 4.78 is 0. The predicted octanol–water partition coefficient (Wildman–Crippen LogP) is 4.40. The fourth-order valence-corrected chi connectivity index (χ4v) is 4.45. The Morgan fingerprint density at radius 3 is 2.91 bits per heavy atom. The molecule has 3 nitrogen and oxygen atoms in total. The number of benzene rings is 1. The summed E-state index contributed by atoms with van der Waals surface area (Å²) in [6, 6.07) is 6.64. The van der Waals surface area contributed by atoms with Crippen LogP contribution in [0.25, 0.3) is 0 Å². The molecule has 1 aromatic rings. The van der Waals surface area contributed by atoms with E-state index >= 15 is 0 Å². The number of amidine groups is 1. The number of rotatable bonds is 2. The van der Waals surface area contributed by atoms with Gasteiger partial charge in [-0.05, 0) is 42.9 Å². The number of hydrogen-bond acceptors (Lipinski definition) is 4. The average molecular weight is 318 g/mol. The van der Waals surface area contributed by atoms with Gasteiger partial charge in [0.1, 0.15) is 5.75 Å². The van der Waals surface area contributed by atoms with Gasteiger partial charge in [0.05, 0.1) is 6.04 Å². The highest BCUT2D eigenvalue weighted by molar-refractivity contribution is 8.14. The summed E-state index contributed by atoms with van der Waals surface area (Å²) in [5.41, 5.74) is 2.13.